The molecule has 0 bridgehead atoms. The summed E-state index contributed by atoms with van der Waals surface area (Å²) in [6, 6.07) is 5.52. The fourth-order valence-corrected chi connectivity index (χ4v) is 3.27. The summed E-state index contributed by atoms with van der Waals surface area (Å²) >= 11 is 0. The molecule has 11 heteroatoms. The molecule has 0 saturated heterocycles. The molecule has 28 heavy (non-hydrogen) atoms. The number of nitrogens with one attached hydrogen (secondary N) is 1. The van der Waals surface area contributed by atoms with Crippen LogP contribution in [0.5, 0.6) is 0 Å². The Morgan fingerprint density at radius 1 is 0.893 bits per heavy atom. The van der Waals surface area contributed by atoms with Crippen LogP contribution >= 0.6 is 0 Å². The summed E-state index contributed by atoms with van der Waals surface area (Å²) in [5, 5.41) is 0. The molecular weight excluding hydrogens is 412 g/mol. The van der Waals surface area contributed by atoms with E-state index in [1.54, 1.807) is 0 Å². The van der Waals surface area contributed by atoms with Gasteiger partial charge in [-0.05, 0) is 42.8 Å². The summed E-state index contributed by atoms with van der Waals surface area (Å²) in [5.74, 6) is -0.305. The van der Waals surface area contributed by atoms with Crippen LogP contribution in [0.25, 0.3) is 0 Å². The molecule has 0 unspecified atom stereocenters. The number of Topliss-reactive ketones (excluding diaryl/α,β-unsaturated/α-hetero) is 1. The van der Waals surface area contributed by atoms with Gasteiger partial charge in [0.25, 0.3) is 0 Å². The minimum atomic E-state index is -5.03. The molecule has 0 aromatic heterocycles. The average Bonchev–Trinajstić information content (AvgIpc) is 2.58. The molecule has 2 aromatic carbocycles. The van der Waals surface area contributed by atoms with E-state index in [2.05, 4.69) is 0 Å². The highest BCUT2D eigenvalue weighted by atomic mass is 32.2. The standard InChI is InChI=1S/C17H13F6NO3S/c1-10(25)12-2-4-15(5-3-12)28(26,27)24-9-11-6-13(16(18,19)20)8-14(7-11)17(21,22)23/h2-8,24H,9H2,1H3. The number of carbonyl (C=O) groups is 1. The van der Waals surface area contributed by atoms with E-state index >= 15 is 0 Å². The Labute approximate surface area is 156 Å². The Bertz CT molecular complexity index is 947. The number of benzene rings is 2. The summed E-state index contributed by atoms with van der Waals surface area (Å²) in [5.41, 5.74) is -3.35. The molecule has 0 aliphatic heterocycles. The Balaban J connectivity index is 2.31. The van der Waals surface area contributed by atoms with E-state index in [1.807, 2.05) is 4.72 Å². The molecular formula is C17H13F6NO3S. The highest BCUT2D eigenvalue weighted by Gasteiger charge is 2.36. The maximum Gasteiger partial charge on any atom is 0.416 e. The van der Waals surface area contributed by atoms with Crippen molar-refractivity contribution < 1.29 is 39.6 Å². The largest absolute Gasteiger partial charge is 0.416 e. The molecule has 0 radical (unpaired) electrons. The van der Waals surface area contributed by atoms with Crippen LogP contribution in [0.15, 0.2) is 47.4 Å². The molecule has 0 amide bonds. The van der Waals surface area contributed by atoms with Crippen LogP contribution < -0.4 is 4.72 Å². The Kier molecular flexibility index (Phi) is 5.90. The predicted molar refractivity (Wildman–Crippen MR) is 86.9 cm³/mol. The number of hydrogen-bond acceptors (Lipinski definition) is 3. The molecule has 2 aromatic rings. The zero-order valence-corrected chi connectivity index (χ0v) is 15.0. The van der Waals surface area contributed by atoms with Crippen LogP contribution in [0.4, 0.5) is 26.3 Å². The van der Waals surface area contributed by atoms with E-state index in [1.165, 1.54) is 19.1 Å². The monoisotopic (exact) mass is 425 g/mol. The van der Waals surface area contributed by atoms with Gasteiger partial charge >= 0.3 is 12.4 Å². The Morgan fingerprint density at radius 3 is 1.75 bits per heavy atom. The lowest BCUT2D eigenvalue weighted by Crippen LogP contribution is -2.24. The van der Waals surface area contributed by atoms with Crippen molar-refractivity contribution in [3.05, 3.63) is 64.7 Å². The number of hydrogen-bond donors (Lipinski definition) is 1. The number of halogens is 6. The van der Waals surface area contributed by atoms with E-state index in [9.17, 15) is 39.6 Å². The molecule has 0 heterocycles. The summed E-state index contributed by atoms with van der Waals surface area (Å²) in [7, 11) is -4.22. The molecule has 0 fully saturated rings. The highest BCUT2D eigenvalue weighted by molar-refractivity contribution is 7.89. The van der Waals surface area contributed by atoms with Gasteiger partial charge in [0.05, 0.1) is 16.0 Å². The van der Waals surface area contributed by atoms with E-state index in [0.717, 1.165) is 12.1 Å². The summed E-state index contributed by atoms with van der Waals surface area (Å²) < 4.78 is 103. The zero-order valence-electron chi connectivity index (χ0n) is 14.1. The van der Waals surface area contributed by atoms with Gasteiger partial charge in [-0.25, -0.2) is 13.1 Å². The van der Waals surface area contributed by atoms with E-state index in [0.29, 0.717) is 12.1 Å². The Hall–Kier alpha value is -2.40. The second-order valence-electron chi connectivity index (χ2n) is 5.82. The highest BCUT2D eigenvalue weighted by Crippen LogP contribution is 2.36. The molecule has 152 valence electrons. The Morgan fingerprint density at radius 2 is 1.36 bits per heavy atom. The van der Waals surface area contributed by atoms with E-state index < -0.39 is 45.6 Å². The molecule has 0 saturated carbocycles. The van der Waals surface area contributed by atoms with Gasteiger partial charge in [0, 0.05) is 12.1 Å². The van der Waals surface area contributed by atoms with Crippen molar-refractivity contribution in [2.75, 3.05) is 0 Å². The topological polar surface area (TPSA) is 63.2 Å². The van der Waals surface area contributed by atoms with Crippen LogP contribution in [-0.4, -0.2) is 14.2 Å². The van der Waals surface area contributed by atoms with Gasteiger partial charge < -0.3 is 0 Å². The maximum atomic E-state index is 12.8. The third-order valence-corrected chi connectivity index (χ3v) is 5.10. The van der Waals surface area contributed by atoms with Crippen molar-refractivity contribution in [3.63, 3.8) is 0 Å². The minimum Gasteiger partial charge on any atom is -0.295 e. The number of ketones is 1. The van der Waals surface area contributed by atoms with Gasteiger partial charge in [-0.1, -0.05) is 12.1 Å². The third kappa shape index (κ3) is 5.32. The van der Waals surface area contributed by atoms with Crippen LogP contribution in [0.1, 0.15) is 34.0 Å². The lowest BCUT2D eigenvalue weighted by molar-refractivity contribution is -0.143. The van der Waals surface area contributed by atoms with Gasteiger partial charge in [-0.3, -0.25) is 4.79 Å². The van der Waals surface area contributed by atoms with Crippen LogP contribution in [-0.2, 0) is 28.9 Å². The average molecular weight is 425 g/mol. The predicted octanol–water partition coefficient (Wildman–Crippen LogP) is 4.41. The van der Waals surface area contributed by atoms with E-state index in [4.69, 9.17) is 0 Å². The SMILES string of the molecule is CC(=O)c1ccc(S(=O)(=O)NCc2cc(C(F)(F)F)cc(C(F)(F)F)c2)cc1. The maximum absolute atomic E-state index is 12.8. The van der Waals surface area contributed by atoms with Gasteiger partial charge in [0.1, 0.15) is 0 Å². The van der Waals surface area contributed by atoms with E-state index in [-0.39, 0.29) is 22.3 Å². The van der Waals surface area contributed by atoms with Gasteiger partial charge in [0.15, 0.2) is 5.78 Å². The molecule has 1 N–H and O–H groups in total. The zero-order chi connectivity index (χ0) is 21.3. The molecule has 4 nitrogen and oxygen atoms in total. The van der Waals surface area contributed by atoms with Gasteiger partial charge in [-0.2, -0.15) is 26.3 Å². The molecule has 2 rings (SSSR count). The summed E-state index contributed by atoms with van der Waals surface area (Å²) in [6.45, 7) is 0.484. The minimum absolute atomic E-state index is 0.0432. The van der Waals surface area contributed by atoms with Crippen molar-refractivity contribution >= 4 is 15.8 Å². The van der Waals surface area contributed by atoms with Crippen molar-refractivity contribution in [1.82, 2.24) is 4.72 Å². The molecule has 0 atom stereocenters. The number of carbonyl (C=O) groups excluding carboxylic acids is 1. The normalized spacial score (nSPS) is 12.8. The summed E-state index contributed by atoms with van der Waals surface area (Å²) in [6.07, 6.45) is -10.1. The van der Waals surface area contributed by atoms with Crippen LogP contribution in [0.2, 0.25) is 0 Å². The second-order valence-corrected chi connectivity index (χ2v) is 7.59. The van der Waals surface area contributed by atoms with Crippen molar-refractivity contribution in [3.8, 4) is 0 Å². The first-order valence-electron chi connectivity index (χ1n) is 7.59. The summed E-state index contributed by atoms with van der Waals surface area (Å²) in [4.78, 5) is 10.9. The van der Waals surface area contributed by atoms with Gasteiger partial charge in [-0.15, -0.1) is 0 Å². The molecule has 0 aliphatic rings. The first-order valence-corrected chi connectivity index (χ1v) is 9.07. The molecule has 0 aliphatic carbocycles. The first kappa shape index (κ1) is 21.9. The smallest absolute Gasteiger partial charge is 0.295 e. The fourth-order valence-electron chi connectivity index (χ4n) is 2.25. The third-order valence-electron chi connectivity index (χ3n) is 3.68. The number of alkyl halides is 6. The lowest BCUT2D eigenvalue weighted by Gasteiger charge is -2.14. The van der Waals surface area contributed by atoms with Crippen LogP contribution in [0.3, 0.4) is 0 Å². The lowest BCUT2D eigenvalue weighted by atomic mass is 10.0. The number of rotatable bonds is 5. The first-order chi connectivity index (χ1) is 12.7. The fraction of sp³-hybridized carbons (Fsp3) is 0.235. The number of sulfonamides is 1. The van der Waals surface area contributed by atoms with Crippen molar-refractivity contribution in [1.29, 1.82) is 0 Å². The van der Waals surface area contributed by atoms with Gasteiger partial charge in [0.2, 0.25) is 10.0 Å². The molecule has 0 spiro atoms. The van der Waals surface area contributed by atoms with Crippen LogP contribution in [0, 0.1) is 0 Å². The van der Waals surface area contributed by atoms with Crippen molar-refractivity contribution in [2.24, 2.45) is 0 Å². The van der Waals surface area contributed by atoms with Crippen molar-refractivity contribution in [2.45, 2.75) is 30.7 Å². The second kappa shape index (κ2) is 7.55. The quantitative estimate of drug-likeness (QED) is 0.571.